The molecule has 0 bridgehead atoms. The van der Waals surface area contributed by atoms with Gasteiger partial charge in [0, 0.05) is 16.0 Å². The Morgan fingerprint density at radius 1 is 1.41 bits per heavy atom. The van der Waals surface area contributed by atoms with Gasteiger partial charge in [0.2, 0.25) is 0 Å². The van der Waals surface area contributed by atoms with Crippen LogP contribution >= 0.6 is 11.6 Å². The molecular formula is C14H16ClNO. The number of fused-ring (bicyclic) bond motifs is 1. The van der Waals surface area contributed by atoms with Crippen molar-refractivity contribution in [2.75, 3.05) is 13.1 Å². The first kappa shape index (κ1) is 11.1. The molecule has 90 valence electrons. The summed E-state index contributed by atoms with van der Waals surface area (Å²) in [5.74, 6) is 1.17. The maximum atomic E-state index is 6.19. The smallest absolute Gasteiger partial charge is 0.137 e. The van der Waals surface area contributed by atoms with E-state index in [1.54, 1.807) is 6.26 Å². The van der Waals surface area contributed by atoms with Gasteiger partial charge in [0.05, 0.1) is 6.26 Å². The van der Waals surface area contributed by atoms with Crippen molar-refractivity contribution in [1.29, 1.82) is 0 Å². The van der Waals surface area contributed by atoms with Crippen LogP contribution < -0.4 is 5.32 Å². The van der Waals surface area contributed by atoms with E-state index in [2.05, 4.69) is 18.3 Å². The molecule has 1 aromatic heterocycles. The second-order valence-corrected chi connectivity index (χ2v) is 5.35. The summed E-state index contributed by atoms with van der Waals surface area (Å²) in [6.07, 6.45) is 2.90. The van der Waals surface area contributed by atoms with Crippen molar-refractivity contribution in [2.45, 2.75) is 19.3 Å². The van der Waals surface area contributed by atoms with Crippen molar-refractivity contribution in [3.63, 3.8) is 0 Å². The molecule has 2 atom stereocenters. The van der Waals surface area contributed by atoms with Crippen molar-refractivity contribution < 1.29 is 4.42 Å². The summed E-state index contributed by atoms with van der Waals surface area (Å²) >= 11 is 6.19. The zero-order valence-electron chi connectivity index (χ0n) is 9.87. The predicted octanol–water partition coefficient (Wildman–Crippen LogP) is 3.80. The fourth-order valence-corrected chi connectivity index (χ4v) is 3.06. The van der Waals surface area contributed by atoms with E-state index in [4.69, 9.17) is 16.0 Å². The summed E-state index contributed by atoms with van der Waals surface area (Å²) < 4.78 is 5.63. The topological polar surface area (TPSA) is 25.2 Å². The number of benzene rings is 1. The Balaban J connectivity index is 2.11. The third-order valence-electron chi connectivity index (χ3n) is 3.73. The number of piperidine rings is 1. The van der Waals surface area contributed by atoms with E-state index < -0.39 is 0 Å². The Morgan fingerprint density at radius 2 is 2.29 bits per heavy atom. The van der Waals surface area contributed by atoms with Gasteiger partial charge in [0.25, 0.3) is 0 Å². The lowest BCUT2D eigenvalue weighted by molar-refractivity contribution is 0.349. The summed E-state index contributed by atoms with van der Waals surface area (Å²) in [6.45, 7) is 4.43. The summed E-state index contributed by atoms with van der Waals surface area (Å²) in [7, 11) is 0. The molecule has 0 radical (unpaired) electrons. The Labute approximate surface area is 106 Å². The van der Waals surface area contributed by atoms with Crippen LogP contribution in [-0.2, 0) is 0 Å². The van der Waals surface area contributed by atoms with Crippen molar-refractivity contribution in [1.82, 2.24) is 5.32 Å². The molecule has 1 aliphatic rings. The number of rotatable bonds is 1. The minimum atomic E-state index is 0.545. The van der Waals surface area contributed by atoms with Crippen molar-refractivity contribution in [3.05, 3.63) is 35.0 Å². The van der Waals surface area contributed by atoms with Gasteiger partial charge in [0.15, 0.2) is 0 Å². The van der Waals surface area contributed by atoms with Crippen molar-refractivity contribution in [2.24, 2.45) is 5.92 Å². The zero-order valence-corrected chi connectivity index (χ0v) is 10.6. The number of hydrogen-bond acceptors (Lipinski definition) is 2. The number of furan rings is 1. The van der Waals surface area contributed by atoms with E-state index in [-0.39, 0.29) is 0 Å². The largest absolute Gasteiger partial charge is 0.464 e. The highest BCUT2D eigenvalue weighted by Crippen LogP contribution is 2.36. The summed E-state index contributed by atoms with van der Waals surface area (Å²) in [5.41, 5.74) is 2.28. The van der Waals surface area contributed by atoms with E-state index in [1.807, 2.05) is 12.1 Å². The molecule has 17 heavy (non-hydrogen) atoms. The first-order valence-electron chi connectivity index (χ1n) is 6.13. The molecule has 2 aromatic rings. The molecule has 0 saturated carbocycles. The Kier molecular flexibility index (Phi) is 2.85. The molecule has 2 heterocycles. The molecule has 3 rings (SSSR count). The summed E-state index contributed by atoms with van der Waals surface area (Å²) in [6, 6.07) is 6.02. The molecule has 0 spiro atoms. The van der Waals surface area contributed by atoms with E-state index in [0.717, 1.165) is 35.5 Å². The molecule has 0 amide bonds. The van der Waals surface area contributed by atoms with Crippen LogP contribution in [0.2, 0.25) is 5.02 Å². The highest BCUT2D eigenvalue weighted by molar-refractivity contribution is 6.31. The lowest BCUT2D eigenvalue weighted by Gasteiger charge is -2.30. The average molecular weight is 250 g/mol. The van der Waals surface area contributed by atoms with Gasteiger partial charge in [-0.2, -0.15) is 0 Å². The van der Waals surface area contributed by atoms with Gasteiger partial charge < -0.3 is 9.73 Å². The molecule has 1 N–H and O–H groups in total. The van der Waals surface area contributed by atoms with Crippen LogP contribution in [0.1, 0.15) is 24.8 Å². The van der Waals surface area contributed by atoms with Crippen LogP contribution in [0.5, 0.6) is 0 Å². The molecule has 1 saturated heterocycles. The molecule has 3 heteroatoms. The average Bonchev–Trinajstić information content (AvgIpc) is 2.76. The van der Waals surface area contributed by atoms with Crippen LogP contribution in [0.4, 0.5) is 0 Å². The fraction of sp³-hybridized carbons (Fsp3) is 0.429. The molecular weight excluding hydrogens is 234 g/mol. The molecule has 1 aliphatic heterocycles. The maximum absolute atomic E-state index is 6.19. The second kappa shape index (κ2) is 4.35. The molecule has 2 nitrogen and oxygen atoms in total. The predicted molar refractivity (Wildman–Crippen MR) is 70.6 cm³/mol. The molecule has 1 aromatic carbocycles. The van der Waals surface area contributed by atoms with E-state index in [0.29, 0.717) is 11.8 Å². The van der Waals surface area contributed by atoms with Crippen molar-refractivity contribution in [3.8, 4) is 0 Å². The van der Waals surface area contributed by atoms with Gasteiger partial charge in [-0.25, -0.2) is 0 Å². The van der Waals surface area contributed by atoms with Gasteiger partial charge in [-0.3, -0.25) is 0 Å². The van der Waals surface area contributed by atoms with Gasteiger partial charge in [0.1, 0.15) is 5.58 Å². The minimum absolute atomic E-state index is 0.545. The van der Waals surface area contributed by atoms with Crippen LogP contribution in [0.25, 0.3) is 11.0 Å². The Morgan fingerprint density at radius 3 is 3.12 bits per heavy atom. The van der Waals surface area contributed by atoms with Crippen LogP contribution in [0.3, 0.4) is 0 Å². The van der Waals surface area contributed by atoms with Gasteiger partial charge in [-0.05, 0) is 49.5 Å². The summed E-state index contributed by atoms with van der Waals surface area (Å²) in [5, 5.41) is 5.34. The first-order valence-corrected chi connectivity index (χ1v) is 6.51. The third-order valence-corrected chi connectivity index (χ3v) is 3.95. The number of halogens is 1. The van der Waals surface area contributed by atoms with Gasteiger partial charge >= 0.3 is 0 Å². The monoisotopic (exact) mass is 249 g/mol. The Bertz CT molecular complexity index is 534. The third kappa shape index (κ3) is 1.96. The van der Waals surface area contributed by atoms with E-state index >= 15 is 0 Å². The highest BCUT2D eigenvalue weighted by Gasteiger charge is 2.25. The quantitative estimate of drug-likeness (QED) is 0.832. The van der Waals surface area contributed by atoms with E-state index in [1.165, 1.54) is 5.56 Å². The SMILES string of the molecule is CC1CNCCC1c1cc(Cl)cc2ccoc12. The van der Waals surface area contributed by atoms with E-state index in [9.17, 15) is 0 Å². The minimum Gasteiger partial charge on any atom is -0.464 e. The van der Waals surface area contributed by atoms with Crippen LogP contribution in [-0.4, -0.2) is 13.1 Å². The van der Waals surface area contributed by atoms with Crippen molar-refractivity contribution >= 4 is 22.6 Å². The lowest BCUT2D eigenvalue weighted by Crippen LogP contribution is -2.33. The number of nitrogens with one attached hydrogen (secondary N) is 1. The van der Waals surface area contributed by atoms with Crippen LogP contribution in [0.15, 0.2) is 28.9 Å². The highest BCUT2D eigenvalue weighted by atomic mass is 35.5. The number of hydrogen-bond donors (Lipinski definition) is 1. The van der Waals surface area contributed by atoms with Gasteiger partial charge in [-0.1, -0.05) is 18.5 Å². The van der Waals surface area contributed by atoms with Gasteiger partial charge in [-0.15, -0.1) is 0 Å². The Hall–Kier alpha value is -0.990. The normalized spacial score (nSPS) is 25.3. The molecule has 0 aliphatic carbocycles. The summed E-state index contributed by atoms with van der Waals surface area (Å²) in [4.78, 5) is 0. The molecule has 2 unspecified atom stereocenters. The lowest BCUT2D eigenvalue weighted by atomic mass is 9.82. The first-order chi connectivity index (χ1) is 8.25. The second-order valence-electron chi connectivity index (χ2n) is 4.91. The standard InChI is InChI=1S/C14H16ClNO/c1-9-8-16-4-2-12(9)13-7-11(15)6-10-3-5-17-14(10)13/h3,5-7,9,12,16H,2,4,8H2,1H3. The maximum Gasteiger partial charge on any atom is 0.137 e. The fourth-order valence-electron chi connectivity index (χ4n) is 2.82. The molecule has 1 fully saturated rings. The zero-order chi connectivity index (χ0) is 11.8. The van der Waals surface area contributed by atoms with Crippen LogP contribution in [0, 0.1) is 5.92 Å².